The maximum absolute atomic E-state index is 13.6. The van der Waals surface area contributed by atoms with Gasteiger partial charge in [0.25, 0.3) is 0 Å². The molecule has 19 heavy (non-hydrogen) atoms. The van der Waals surface area contributed by atoms with Crippen molar-refractivity contribution in [2.75, 3.05) is 19.6 Å². The molecule has 0 spiro atoms. The van der Waals surface area contributed by atoms with Gasteiger partial charge in [-0.1, -0.05) is 32.6 Å². The first-order valence-corrected chi connectivity index (χ1v) is 6.76. The summed E-state index contributed by atoms with van der Waals surface area (Å²) in [7, 11) is 0. The van der Waals surface area contributed by atoms with E-state index in [2.05, 4.69) is 37.5 Å². The number of nitrogens with two attached hydrogens (primary N) is 1. The number of nitrogens with zero attached hydrogens (tertiary/aromatic N) is 1. The molecule has 0 aromatic heterocycles. The number of hydrogen-bond acceptors (Lipinski definition) is 2. The predicted octanol–water partition coefficient (Wildman–Crippen LogP) is 2.61. The summed E-state index contributed by atoms with van der Waals surface area (Å²) in [5.74, 6) is 6.01. The Hall–Kier alpha value is -1.37. The maximum atomic E-state index is 13.6. The molecule has 0 saturated heterocycles. The monoisotopic (exact) mass is 262 g/mol. The summed E-state index contributed by atoms with van der Waals surface area (Å²) in [5.41, 5.74) is 6.99. The minimum Gasteiger partial charge on any atom is -0.320 e. The Morgan fingerprint density at radius 2 is 2.05 bits per heavy atom. The van der Waals surface area contributed by atoms with Crippen LogP contribution in [0.1, 0.15) is 31.9 Å². The zero-order chi connectivity index (χ0) is 14.3. The molecule has 1 rings (SSSR count). The molecule has 0 fully saturated rings. The smallest absolute Gasteiger partial charge is 0.124 e. The van der Waals surface area contributed by atoms with Crippen molar-refractivity contribution in [3.05, 3.63) is 35.1 Å². The average Bonchev–Trinajstić information content (AvgIpc) is 2.34. The Bertz CT molecular complexity index is 458. The first-order chi connectivity index (χ1) is 9.05. The van der Waals surface area contributed by atoms with Crippen LogP contribution >= 0.6 is 0 Å². The van der Waals surface area contributed by atoms with Gasteiger partial charge in [-0.3, -0.25) is 4.90 Å². The van der Waals surface area contributed by atoms with Gasteiger partial charge in [0.15, 0.2) is 0 Å². The van der Waals surface area contributed by atoms with Crippen LogP contribution in [0.4, 0.5) is 4.39 Å². The van der Waals surface area contributed by atoms with Crippen LogP contribution in [0.25, 0.3) is 0 Å². The molecular weight excluding hydrogens is 239 g/mol. The second kappa shape index (κ2) is 7.93. The first kappa shape index (κ1) is 15.7. The van der Waals surface area contributed by atoms with E-state index in [-0.39, 0.29) is 5.82 Å². The maximum Gasteiger partial charge on any atom is 0.124 e. The molecule has 2 nitrogen and oxygen atoms in total. The van der Waals surface area contributed by atoms with Crippen molar-refractivity contribution >= 4 is 0 Å². The topological polar surface area (TPSA) is 29.3 Å². The van der Waals surface area contributed by atoms with E-state index in [1.165, 1.54) is 6.07 Å². The molecule has 0 amide bonds. The van der Waals surface area contributed by atoms with Crippen molar-refractivity contribution < 1.29 is 4.39 Å². The molecule has 0 atom stereocenters. The largest absolute Gasteiger partial charge is 0.320 e. The minimum atomic E-state index is -0.237. The lowest BCUT2D eigenvalue weighted by atomic mass is 10.1. The summed E-state index contributed by atoms with van der Waals surface area (Å²) in [6.45, 7) is 9.51. The van der Waals surface area contributed by atoms with Crippen molar-refractivity contribution in [1.82, 2.24) is 4.90 Å². The van der Waals surface area contributed by atoms with E-state index in [9.17, 15) is 4.39 Å². The third-order valence-electron chi connectivity index (χ3n) is 2.77. The fraction of sp³-hybridized carbons (Fsp3) is 0.500. The SMILES string of the molecule is CCN(Cc1cc(F)cc(C#CCN)c1)CC(C)C. The number of hydrogen-bond donors (Lipinski definition) is 1. The van der Waals surface area contributed by atoms with Crippen LogP contribution in [0.2, 0.25) is 0 Å². The van der Waals surface area contributed by atoms with E-state index >= 15 is 0 Å². The Morgan fingerprint density at radius 3 is 2.63 bits per heavy atom. The lowest BCUT2D eigenvalue weighted by Gasteiger charge is -2.22. The van der Waals surface area contributed by atoms with Gasteiger partial charge in [0.2, 0.25) is 0 Å². The van der Waals surface area contributed by atoms with Crippen LogP contribution in [0, 0.1) is 23.6 Å². The molecule has 0 saturated carbocycles. The summed E-state index contributed by atoms with van der Waals surface area (Å²) in [6.07, 6.45) is 0. The quantitative estimate of drug-likeness (QED) is 0.827. The van der Waals surface area contributed by atoms with E-state index in [0.29, 0.717) is 18.0 Å². The standard InChI is InChI=1S/C16H23FN2/c1-4-19(11-13(2)3)12-15-8-14(6-5-7-18)9-16(17)10-15/h8-10,13H,4,7,11-12,18H2,1-3H3. The van der Waals surface area contributed by atoms with E-state index in [1.807, 2.05) is 6.07 Å². The fourth-order valence-electron chi connectivity index (χ4n) is 2.05. The summed E-state index contributed by atoms with van der Waals surface area (Å²) in [6, 6.07) is 4.97. The van der Waals surface area contributed by atoms with Crippen LogP contribution in [-0.2, 0) is 6.54 Å². The summed E-state index contributed by atoms with van der Waals surface area (Å²) >= 11 is 0. The van der Waals surface area contributed by atoms with Gasteiger partial charge in [-0.25, -0.2) is 4.39 Å². The van der Waals surface area contributed by atoms with Crippen LogP contribution in [0.5, 0.6) is 0 Å². The molecule has 0 unspecified atom stereocenters. The highest BCUT2D eigenvalue weighted by Crippen LogP contribution is 2.12. The Morgan fingerprint density at radius 1 is 1.32 bits per heavy atom. The van der Waals surface area contributed by atoms with Gasteiger partial charge in [0.05, 0.1) is 6.54 Å². The number of rotatable bonds is 5. The third-order valence-corrected chi connectivity index (χ3v) is 2.77. The van der Waals surface area contributed by atoms with E-state index in [4.69, 9.17) is 5.73 Å². The first-order valence-electron chi connectivity index (χ1n) is 6.76. The van der Waals surface area contributed by atoms with Gasteiger partial charge in [0, 0.05) is 18.7 Å². The number of benzene rings is 1. The van der Waals surface area contributed by atoms with Crippen molar-refractivity contribution in [3.8, 4) is 11.8 Å². The lowest BCUT2D eigenvalue weighted by molar-refractivity contribution is 0.248. The molecule has 2 N–H and O–H groups in total. The summed E-state index contributed by atoms with van der Waals surface area (Å²) in [5, 5.41) is 0. The highest BCUT2D eigenvalue weighted by atomic mass is 19.1. The van der Waals surface area contributed by atoms with Gasteiger partial charge >= 0.3 is 0 Å². The fourth-order valence-corrected chi connectivity index (χ4v) is 2.05. The van der Waals surface area contributed by atoms with Crippen molar-refractivity contribution in [2.45, 2.75) is 27.3 Å². The molecule has 0 heterocycles. The van der Waals surface area contributed by atoms with E-state index in [1.54, 1.807) is 6.07 Å². The Balaban J connectivity index is 2.84. The zero-order valence-corrected chi connectivity index (χ0v) is 12.0. The van der Waals surface area contributed by atoms with Gasteiger partial charge in [0.1, 0.15) is 5.82 Å². The Kier molecular flexibility index (Phi) is 6.55. The summed E-state index contributed by atoms with van der Waals surface area (Å²) < 4.78 is 13.6. The molecule has 1 aromatic carbocycles. The minimum absolute atomic E-state index is 0.237. The van der Waals surface area contributed by atoms with Crippen LogP contribution in [0.3, 0.4) is 0 Å². The van der Waals surface area contributed by atoms with E-state index in [0.717, 1.165) is 25.2 Å². The van der Waals surface area contributed by atoms with Gasteiger partial charge < -0.3 is 5.73 Å². The molecule has 0 radical (unpaired) electrons. The van der Waals surface area contributed by atoms with Crippen molar-refractivity contribution in [1.29, 1.82) is 0 Å². The highest BCUT2D eigenvalue weighted by molar-refractivity contribution is 5.38. The molecular formula is C16H23FN2. The second-order valence-corrected chi connectivity index (χ2v) is 5.08. The summed E-state index contributed by atoms with van der Waals surface area (Å²) in [4.78, 5) is 2.31. The van der Waals surface area contributed by atoms with Crippen LogP contribution in [0.15, 0.2) is 18.2 Å². The van der Waals surface area contributed by atoms with Gasteiger partial charge in [-0.15, -0.1) is 0 Å². The van der Waals surface area contributed by atoms with Crippen LogP contribution < -0.4 is 5.73 Å². The molecule has 0 aliphatic carbocycles. The predicted molar refractivity (Wildman–Crippen MR) is 78.1 cm³/mol. The lowest BCUT2D eigenvalue weighted by Crippen LogP contribution is -2.27. The molecule has 1 aromatic rings. The third kappa shape index (κ3) is 5.87. The molecule has 0 aliphatic heterocycles. The molecule has 0 bridgehead atoms. The second-order valence-electron chi connectivity index (χ2n) is 5.08. The normalized spacial score (nSPS) is 10.7. The molecule has 3 heteroatoms. The molecule has 104 valence electrons. The zero-order valence-electron chi connectivity index (χ0n) is 12.0. The van der Waals surface area contributed by atoms with E-state index < -0.39 is 0 Å². The number of halogens is 1. The van der Waals surface area contributed by atoms with Gasteiger partial charge in [-0.2, -0.15) is 0 Å². The highest BCUT2D eigenvalue weighted by Gasteiger charge is 2.07. The van der Waals surface area contributed by atoms with Crippen molar-refractivity contribution in [3.63, 3.8) is 0 Å². The van der Waals surface area contributed by atoms with Crippen LogP contribution in [-0.4, -0.2) is 24.5 Å². The average molecular weight is 262 g/mol. The Labute approximate surface area is 115 Å². The molecule has 0 aliphatic rings. The van der Waals surface area contributed by atoms with Gasteiger partial charge in [-0.05, 0) is 36.2 Å². The van der Waals surface area contributed by atoms with Crippen molar-refractivity contribution in [2.24, 2.45) is 11.7 Å².